The smallest absolute Gasteiger partial charge is 0.0672 e. The minimum atomic E-state index is -0.627. The Kier molecular flexibility index (Phi) is 6.53. The first kappa shape index (κ1) is 16.2. The molecule has 0 saturated heterocycles. The van der Waals surface area contributed by atoms with E-state index < -0.39 is 5.60 Å². The van der Waals surface area contributed by atoms with Crippen molar-refractivity contribution in [2.75, 3.05) is 13.1 Å². The molecule has 0 bridgehead atoms. The van der Waals surface area contributed by atoms with Crippen LogP contribution in [0.3, 0.4) is 0 Å². The molecule has 2 heteroatoms. The van der Waals surface area contributed by atoms with Gasteiger partial charge in [-0.1, -0.05) is 45.0 Å². The number of aryl methyl sites for hydroxylation is 1. The normalized spacial score (nSPS) is 14.6. The van der Waals surface area contributed by atoms with Gasteiger partial charge in [0.05, 0.1) is 5.60 Å². The number of rotatable bonds is 8. The van der Waals surface area contributed by atoms with Gasteiger partial charge in [0, 0.05) is 6.42 Å². The molecule has 1 rings (SSSR count). The maximum absolute atomic E-state index is 10.4. The predicted molar refractivity (Wildman–Crippen MR) is 82.5 cm³/mol. The summed E-state index contributed by atoms with van der Waals surface area (Å²) in [6.45, 7) is 10.4. The van der Waals surface area contributed by atoms with E-state index in [1.165, 1.54) is 11.1 Å². The van der Waals surface area contributed by atoms with Gasteiger partial charge in [-0.25, -0.2) is 0 Å². The van der Waals surface area contributed by atoms with E-state index in [2.05, 4.69) is 50.4 Å². The first-order valence-electron chi connectivity index (χ1n) is 7.44. The second-order valence-corrected chi connectivity index (χ2v) is 6.19. The lowest BCUT2D eigenvalue weighted by Gasteiger charge is -2.24. The Morgan fingerprint density at radius 2 is 1.74 bits per heavy atom. The third kappa shape index (κ3) is 6.74. The summed E-state index contributed by atoms with van der Waals surface area (Å²) in [7, 11) is 0. The van der Waals surface area contributed by atoms with Crippen LogP contribution >= 0.6 is 0 Å². The van der Waals surface area contributed by atoms with Crippen molar-refractivity contribution in [2.24, 2.45) is 5.92 Å². The van der Waals surface area contributed by atoms with Crippen LogP contribution in [-0.4, -0.2) is 23.8 Å². The standard InChI is InChI=1S/C17H29NO/c1-5-15-6-8-16(9-7-15)12-17(4,19)10-11-18-13-14(2)3/h6-9,14,18-19H,5,10-13H2,1-4H3. The highest BCUT2D eigenvalue weighted by Crippen LogP contribution is 2.17. The van der Waals surface area contributed by atoms with Crippen LogP contribution in [0.5, 0.6) is 0 Å². The summed E-state index contributed by atoms with van der Waals surface area (Å²) in [6.07, 6.45) is 2.57. The van der Waals surface area contributed by atoms with E-state index in [9.17, 15) is 5.11 Å². The second kappa shape index (κ2) is 7.66. The van der Waals surface area contributed by atoms with Crippen LogP contribution in [0.25, 0.3) is 0 Å². The maximum atomic E-state index is 10.4. The quantitative estimate of drug-likeness (QED) is 0.706. The van der Waals surface area contributed by atoms with Gasteiger partial charge >= 0.3 is 0 Å². The molecule has 108 valence electrons. The lowest BCUT2D eigenvalue weighted by molar-refractivity contribution is 0.0514. The molecular weight excluding hydrogens is 234 g/mol. The average molecular weight is 263 g/mol. The van der Waals surface area contributed by atoms with E-state index in [0.717, 1.165) is 32.4 Å². The molecule has 1 atom stereocenters. The minimum Gasteiger partial charge on any atom is -0.390 e. The highest BCUT2D eigenvalue weighted by atomic mass is 16.3. The van der Waals surface area contributed by atoms with Gasteiger partial charge in [-0.3, -0.25) is 0 Å². The van der Waals surface area contributed by atoms with Crippen LogP contribution < -0.4 is 5.32 Å². The highest BCUT2D eigenvalue weighted by Gasteiger charge is 2.20. The summed E-state index contributed by atoms with van der Waals surface area (Å²) >= 11 is 0. The van der Waals surface area contributed by atoms with Gasteiger partial charge in [-0.05, 0) is 49.9 Å². The Morgan fingerprint density at radius 3 is 2.26 bits per heavy atom. The molecule has 0 saturated carbocycles. The molecule has 0 aliphatic heterocycles. The molecule has 0 radical (unpaired) electrons. The van der Waals surface area contributed by atoms with Gasteiger partial charge in [-0.2, -0.15) is 0 Å². The van der Waals surface area contributed by atoms with E-state index in [0.29, 0.717) is 5.92 Å². The van der Waals surface area contributed by atoms with Crippen LogP contribution in [-0.2, 0) is 12.8 Å². The largest absolute Gasteiger partial charge is 0.390 e. The molecule has 0 heterocycles. The molecule has 2 N–H and O–H groups in total. The number of hydrogen-bond donors (Lipinski definition) is 2. The lowest BCUT2D eigenvalue weighted by atomic mass is 9.92. The zero-order chi connectivity index (χ0) is 14.3. The van der Waals surface area contributed by atoms with Crippen molar-refractivity contribution in [3.05, 3.63) is 35.4 Å². The summed E-state index contributed by atoms with van der Waals surface area (Å²) < 4.78 is 0. The fourth-order valence-corrected chi connectivity index (χ4v) is 2.17. The Bertz CT molecular complexity index is 354. The van der Waals surface area contributed by atoms with Crippen LogP contribution in [0.1, 0.15) is 45.2 Å². The molecule has 0 fully saturated rings. The predicted octanol–water partition coefficient (Wildman–Crippen LogP) is 3.18. The zero-order valence-electron chi connectivity index (χ0n) is 12.9. The summed E-state index contributed by atoms with van der Waals surface area (Å²) in [5, 5.41) is 13.8. The highest BCUT2D eigenvalue weighted by molar-refractivity contribution is 5.23. The third-order valence-electron chi connectivity index (χ3n) is 3.41. The summed E-state index contributed by atoms with van der Waals surface area (Å²) in [4.78, 5) is 0. The van der Waals surface area contributed by atoms with Crippen molar-refractivity contribution in [1.82, 2.24) is 5.32 Å². The van der Waals surface area contributed by atoms with Crippen molar-refractivity contribution in [1.29, 1.82) is 0 Å². The summed E-state index contributed by atoms with van der Waals surface area (Å²) in [5.74, 6) is 0.659. The zero-order valence-corrected chi connectivity index (χ0v) is 12.9. The number of hydrogen-bond acceptors (Lipinski definition) is 2. The van der Waals surface area contributed by atoms with Gasteiger partial charge in [0.2, 0.25) is 0 Å². The first-order valence-corrected chi connectivity index (χ1v) is 7.44. The molecule has 0 aromatic heterocycles. The molecule has 0 aliphatic carbocycles. The minimum absolute atomic E-state index is 0.627. The molecule has 2 nitrogen and oxygen atoms in total. The van der Waals surface area contributed by atoms with Crippen molar-refractivity contribution in [2.45, 2.75) is 52.6 Å². The van der Waals surface area contributed by atoms with E-state index in [1.807, 2.05) is 6.92 Å². The van der Waals surface area contributed by atoms with Crippen LogP contribution in [0.15, 0.2) is 24.3 Å². The van der Waals surface area contributed by atoms with E-state index in [4.69, 9.17) is 0 Å². The van der Waals surface area contributed by atoms with Crippen molar-refractivity contribution in [3.63, 3.8) is 0 Å². The summed E-state index contributed by atoms with van der Waals surface area (Å²) in [6, 6.07) is 8.58. The first-order chi connectivity index (χ1) is 8.93. The van der Waals surface area contributed by atoms with Gasteiger partial charge in [0.15, 0.2) is 0 Å². The van der Waals surface area contributed by atoms with Crippen LogP contribution in [0.2, 0.25) is 0 Å². The van der Waals surface area contributed by atoms with Gasteiger partial charge in [0.25, 0.3) is 0 Å². The third-order valence-corrected chi connectivity index (χ3v) is 3.41. The van der Waals surface area contributed by atoms with Crippen LogP contribution in [0, 0.1) is 5.92 Å². The lowest BCUT2D eigenvalue weighted by Crippen LogP contribution is -2.33. The number of nitrogens with one attached hydrogen (secondary N) is 1. The summed E-state index contributed by atoms with van der Waals surface area (Å²) in [5.41, 5.74) is 1.94. The van der Waals surface area contributed by atoms with Crippen molar-refractivity contribution >= 4 is 0 Å². The van der Waals surface area contributed by atoms with Crippen molar-refractivity contribution < 1.29 is 5.11 Å². The molecular formula is C17H29NO. The Balaban J connectivity index is 2.39. The van der Waals surface area contributed by atoms with Gasteiger partial charge < -0.3 is 10.4 Å². The SMILES string of the molecule is CCc1ccc(CC(C)(O)CCNCC(C)C)cc1. The monoisotopic (exact) mass is 263 g/mol. The molecule has 1 unspecified atom stereocenters. The average Bonchev–Trinajstić information content (AvgIpc) is 2.35. The van der Waals surface area contributed by atoms with E-state index in [1.54, 1.807) is 0 Å². The van der Waals surface area contributed by atoms with Crippen LogP contribution in [0.4, 0.5) is 0 Å². The molecule has 1 aromatic rings. The molecule has 1 aromatic carbocycles. The number of aliphatic hydroxyl groups is 1. The second-order valence-electron chi connectivity index (χ2n) is 6.19. The molecule has 19 heavy (non-hydrogen) atoms. The van der Waals surface area contributed by atoms with Gasteiger partial charge in [-0.15, -0.1) is 0 Å². The number of benzene rings is 1. The fourth-order valence-electron chi connectivity index (χ4n) is 2.17. The van der Waals surface area contributed by atoms with Crippen molar-refractivity contribution in [3.8, 4) is 0 Å². The molecule has 0 aliphatic rings. The Labute approximate surface area is 118 Å². The maximum Gasteiger partial charge on any atom is 0.0672 e. The molecule has 0 spiro atoms. The van der Waals surface area contributed by atoms with Gasteiger partial charge in [0.1, 0.15) is 0 Å². The van der Waals surface area contributed by atoms with E-state index >= 15 is 0 Å². The van der Waals surface area contributed by atoms with E-state index in [-0.39, 0.29) is 0 Å². The Morgan fingerprint density at radius 1 is 1.16 bits per heavy atom. The molecule has 0 amide bonds. The Hall–Kier alpha value is -0.860. The fraction of sp³-hybridized carbons (Fsp3) is 0.647. The topological polar surface area (TPSA) is 32.3 Å².